The molecule has 0 aliphatic rings. The van der Waals surface area contributed by atoms with Crippen LogP contribution in [0.25, 0.3) is 21.5 Å². The molecular weight excluding hydrogens is 490 g/mol. The highest BCUT2D eigenvalue weighted by atomic mass is 32.1. The summed E-state index contributed by atoms with van der Waals surface area (Å²) in [6, 6.07) is 8.79. The molecule has 0 aliphatic carbocycles. The molecule has 196 valence electrons. The third kappa shape index (κ3) is 6.55. The first-order valence-corrected chi connectivity index (χ1v) is 12.8. The van der Waals surface area contributed by atoms with E-state index in [1.807, 2.05) is 51.1 Å². The number of carbonyl (C=O) groups is 2. The zero-order valence-electron chi connectivity index (χ0n) is 21.9. The number of carbonyl (C=O) groups excluding carboxylic acids is 2. The number of hydrogen-bond donors (Lipinski definition) is 4. The van der Waals surface area contributed by atoms with E-state index < -0.39 is 11.6 Å². The molecule has 3 amide bonds. The van der Waals surface area contributed by atoms with Gasteiger partial charge < -0.3 is 14.6 Å². The van der Waals surface area contributed by atoms with Crippen molar-refractivity contribution in [1.29, 1.82) is 0 Å². The number of aromatic amines is 1. The summed E-state index contributed by atoms with van der Waals surface area (Å²) in [5.41, 5.74) is 1.80. The summed E-state index contributed by atoms with van der Waals surface area (Å²) in [5.74, 6) is 0.299. The minimum absolute atomic E-state index is 0.00578. The largest absolute Gasteiger partial charge is 0.389 e. The molecule has 0 fully saturated rings. The van der Waals surface area contributed by atoms with Crippen LogP contribution < -0.4 is 15.5 Å². The number of fused-ring (bicyclic) bond motifs is 1. The number of anilines is 3. The summed E-state index contributed by atoms with van der Waals surface area (Å²) in [4.78, 5) is 32.8. The smallest absolute Gasteiger partial charge is 0.326 e. The molecular formula is C26H33N7O3S. The maximum absolute atomic E-state index is 12.9. The van der Waals surface area contributed by atoms with Crippen molar-refractivity contribution < 1.29 is 14.7 Å². The number of rotatable bonds is 7. The Morgan fingerprint density at radius 1 is 1.14 bits per heavy atom. The highest BCUT2D eigenvalue weighted by Gasteiger charge is 2.23. The second-order valence-electron chi connectivity index (χ2n) is 10.9. The molecule has 4 N–H and O–H groups in total. The van der Waals surface area contributed by atoms with Crippen molar-refractivity contribution in [1.82, 2.24) is 19.7 Å². The molecule has 0 unspecified atom stereocenters. The molecule has 0 atom stereocenters. The molecule has 11 heteroatoms. The van der Waals surface area contributed by atoms with E-state index in [9.17, 15) is 14.7 Å². The predicted molar refractivity (Wildman–Crippen MR) is 148 cm³/mol. The lowest BCUT2D eigenvalue weighted by Crippen LogP contribution is -2.29. The SMILES string of the molecule is CN(C(=O)CC(C)(C)C)c1ccc2c(c1)nc(NC(=O)Nc1ccc(-c3cn[nH]c3)s1)n2CC(C)(C)O. The van der Waals surface area contributed by atoms with E-state index in [1.165, 1.54) is 11.3 Å². The van der Waals surface area contributed by atoms with Crippen molar-refractivity contribution in [2.24, 2.45) is 5.41 Å². The molecule has 0 spiro atoms. The van der Waals surface area contributed by atoms with Gasteiger partial charge in [0.2, 0.25) is 11.9 Å². The summed E-state index contributed by atoms with van der Waals surface area (Å²) in [5, 5.41) is 23.6. The van der Waals surface area contributed by atoms with Gasteiger partial charge >= 0.3 is 6.03 Å². The first kappa shape index (κ1) is 26.4. The van der Waals surface area contributed by atoms with Crippen LogP contribution >= 0.6 is 11.3 Å². The topological polar surface area (TPSA) is 128 Å². The fourth-order valence-electron chi connectivity index (χ4n) is 3.88. The summed E-state index contributed by atoms with van der Waals surface area (Å²) in [6.07, 6.45) is 3.92. The van der Waals surface area contributed by atoms with E-state index in [1.54, 1.807) is 42.8 Å². The van der Waals surface area contributed by atoms with Crippen LogP contribution in [0.1, 0.15) is 41.0 Å². The van der Waals surface area contributed by atoms with Gasteiger partial charge in [0.25, 0.3) is 0 Å². The van der Waals surface area contributed by atoms with Crippen molar-refractivity contribution in [2.75, 3.05) is 22.6 Å². The highest BCUT2D eigenvalue weighted by molar-refractivity contribution is 7.19. The number of amides is 3. The summed E-state index contributed by atoms with van der Waals surface area (Å²) >= 11 is 1.42. The standard InChI is InChI=1S/C26H33N7O3S/c1-25(2,3)12-22(34)32(6)17-7-8-19-18(11-17)29-23(33(19)15-26(4,5)36)31-24(35)30-21-10-9-20(37-21)16-13-27-28-14-16/h7-11,13-14,36H,12,15H2,1-6H3,(H,27,28)(H2,29,30,31,35). The van der Waals surface area contributed by atoms with E-state index in [-0.39, 0.29) is 17.9 Å². The number of aromatic nitrogens is 4. The van der Waals surface area contributed by atoms with E-state index in [0.29, 0.717) is 28.6 Å². The van der Waals surface area contributed by atoms with Crippen LogP contribution in [0.5, 0.6) is 0 Å². The number of H-pyrrole nitrogens is 1. The average Bonchev–Trinajstić information content (AvgIpc) is 3.52. The van der Waals surface area contributed by atoms with Crippen molar-refractivity contribution in [2.45, 2.75) is 53.2 Å². The number of thiophene rings is 1. The molecule has 0 radical (unpaired) electrons. The zero-order valence-corrected chi connectivity index (χ0v) is 22.7. The summed E-state index contributed by atoms with van der Waals surface area (Å²) in [7, 11) is 1.74. The fraction of sp³-hybridized carbons (Fsp3) is 0.385. The lowest BCUT2D eigenvalue weighted by molar-refractivity contribution is -0.120. The Bertz CT molecular complexity index is 1410. The first-order chi connectivity index (χ1) is 17.3. The number of aliphatic hydroxyl groups is 1. The van der Waals surface area contributed by atoms with E-state index in [0.717, 1.165) is 16.0 Å². The quantitative estimate of drug-likeness (QED) is 0.261. The molecule has 0 saturated heterocycles. The van der Waals surface area contributed by atoms with Gasteiger partial charge in [0, 0.05) is 35.8 Å². The van der Waals surface area contributed by atoms with Gasteiger partial charge in [-0.25, -0.2) is 9.78 Å². The predicted octanol–water partition coefficient (Wildman–Crippen LogP) is 5.30. The first-order valence-electron chi connectivity index (χ1n) is 12.0. The minimum atomic E-state index is -1.05. The van der Waals surface area contributed by atoms with Crippen LogP contribution in [-0.4, -0.2) is 49.4 Å². The van der Waals surface area contributed by atoms with Gasteiger partial charge in [-0.3, -0.25) is 20.5 Å². The zero-order chi connectivity index (χ0) is 27.0. The van der Waals surface area contributed by atoms with Crippen molar-refractivity contribution >= 4 is 50.9 Å². The number of urea groups is 1. The monoisotopic (exact) mass is 523 g/mol. The Morgan fingerprint density at radius 3 is 2.54 bits per heavy atom. The highest BCUT2D eigenvalue weighted by Crippen LogP contribution is 2.31. The molecule has 3 heterocycles. The number of nitrogens with one attached hydrogen (secondary N) is 3. The third-order valence-corrected chi connectivity index (χ3v) is 6.62. The molecule has 4 aromatic rings. The average molecular weight is 524 g/mol. The Hall–Kier alpha value is -3.70. The lowest BCUT2D eigenvalue weighted by Gasteiger charge is -2.23. The molecule has 0 bridgehead atoms. The Kier molecular flexibility index (Phi) is 7.11. The molecule has 3 aromatic heterocycles. The maximum Gasteiger partial charge on any atom is 0.326 e. The second-order valence-corrected chi connectivity index (χ2v) is 12.0. The van der Waals surface area contributed by atoms with Gasteiger partial charge in [-0.2, -0.15) is 5.10 Å². The molecule has 10 nitrogen and oxygen atoms in total. The van der Waals surface area contributed by atoms with Crippen LogP contribution in [0.4, 0.5) is 21.4 Å². The Labute approximate surface area is 219 Å². The third-order valence-electron chi connectivity index (χ3n) is 5.57. The Morgan fingerprint density at radius 2 is 1.89 bits per heavy atom. The van der Waals surface area contributed by atoms with Crippen LogP contribution in [0.15, 0.2) is 42.7 Å². The van der Waals surface area contributed by atoms with E-state index in [2.05, 4.69) is 25.8 Å². The van der Waals surface area contributed by atoms with Crippen LogP contribution in [0.2, 0.25) is 0 Å². The second kappa shape index (κ2) is 9.98. The molecule has 37 heavy (non-hydrogen) atoms. The molecule has 1 aromatic carbocycles. The molecule has 4 rings (SSSR count). The van der Waals surface area contributed by atoms with Gasteiger partial charge in [-0.1, -0.05) is 20.8 Å². The number of hydrogen-bond acceptors (Lipinski definition) is 6. The number of imidazole rings is 1. The lowest BCUT2D eigenvalue weighted by atomic mass is 9.91. The minimum Gasteiger partial charge on any atom is -0.389 e. The van der Waals surface area contributed by atoms with Gasteiger partial charge in [-0.15, -0.1) is 11.3 Å². The van der Waals surface area contributed by atoms with Gasteiger partial charge in [0.15, 0.2) is 0 Å². The fourth-order valence-corrected chi connectivity index (χ4v) is 4.76. The normalized spacial score (nSPS) is 12.1. The Balaban J connectivity index is 1.58. The van der Waals surface area contributed by atoms with Crippen LogP contribution in [0, 0.1) is 5.41 Å². The summed E-state index contributed by atoms with van der Waals surface area (Å²) in [6.45, 7) is 9.67. The van der Waals surface area contributed by atoms with Gasteiger partial charge in [0.05, 0.1) is 34.4 Å². The summed E-state index contributed by atoms with van der Waals surface area (Å²) < 4.78 is 1.76. The molecule has 0 aliphatic heterocycles. The van der Waals surface area contributed by atoms with Crippen molar-refractivity contribution in [3.05, 3.63) is 42.7 Å². The van der Waals surface area contributed by atoms with Crippen LogP contribution in [-0.2, 0) is 11.3 Å². The van der Waals surface area contributed by atoms with E-state index in [4.69, 9.17) is 0 Å². The molecule has 0 saturated carbocycles. The van der Waals surface area contributed by atoms with E-state index >= 15 is 0 Å². The maximum atomic E-state index is 12.9. The van der Waals surface area contributed by atoms with Gasteiger partial charge in [0.1, 0.15) is 0 Å². The van der Waals surface area contributed by atoms with Gasteiger partial charge in [-0.05, 0) is 49.6 Å². The van der Waals surface area contributed by atoms with Crippen molar-refractivity contribution in [3.63, 3.8) is 0 Å². The van der Waals surface area contributed by atoms with Crippen LogP contribution in [0.3, 0.4) is 0 Å². The number of nitrogens with zero attached hydrogens (tertiary/aromatic N) is 4. The van der Waals surface area contributed by atoms with Crippen molar-refractivity contribution in [3.8, 4) is 10.4 Å². The number of benzene rings is 1.